The largest absolute Gasteiger partial charge is 0.497 e. The number of hydrogen-bond donors (Lipinski definition) is 0. The number of ether oxygens (including phenoxy) is 1. The molecule has 3 aliphatic heterocycles. The SMILES string of the molecule is COc1ccc([C@H]2[C@@H]3CN(C4CCN(C(C)=O)CC4)C[C@@H]3CN2C)cc1. The first-order valence-corrected chi connectivity index (χ1v) is 9.90. The van der Waals surface area contributed by atoms with Gasteiger partial charge in [-0.25, -0.2) is 0 Å². The van der Waals surface area contributed by atoms with Gasteiger partial charge in [0.1, 0.15) is 5.75 Å². The fourth-order valence-electron chi connectivity index (χ4n) is 5.44. The van der Waals surface area contributed by atoms with E-state index in [1.807, 2.05) is 4.90 Å². The van der Waals surface area contributed by atoms with Gasteiger partial charge in [0.2, 0.25) is 5.91 Å². The molecule has 142 valence electrons. The Labute approximate surface area is 156 Å². The lowest BCUT2D eigenvalue weighted by Crippen LogP contribution is -2.46. The smallest absolute Gasteiger partial charge is 0.219 e. The van der Waals surface area contributed by atoms with E-state index in [2.05, 4.69) is 41.1 Å². The van der Waals surface area contributed by atoms with Crippen molar-refractivity contribution in [1.29, 1.82) is 0 Å². The minimum Gasteiger partial charge on any atom is -0.497 e. The summed E-state index contributed by atoms with van der Waals surface area (Å²) in [5.41, 5.74) is 1.41. The van der Waals surface area contributed by atoms with Gasteiger partial charge in [-0.15, -0.1) is 0 Å². The summed E-state index contributed by atoms with van der Waals surface area (Å²) in [7, 11) is 3.99. The Balaban J connectivity index is 1.42. The molecule has 3 aliphatic rings. The maximum Gasteiger partial charge on any atom is 0.219 e. The van der Waals surface area contributed by atoms with Crippen LogP contribution in [0.1, 0.15) is 31.4 Å². The van der Waals surface area contributed by atoms with Crippen LogP contribution in [0.3, 0.4) is 0 Å². The minimum absolute atomic E-state index is 0.225. The Morgan fingerprint density at radius 3 is 2.38 bits per heavy atom. The fraction of sp³-hybridized carbons (Fsp3) is 0.667. The van der Waals surface area contributed by atoms with Crippen molar-refractivity contribution in [3.05, 3.63) is 29.8 Å². The maximum atomic E-state index is 11.6. The van der Waals surface area contributed by atoms with Crippen LogP contribution in [0, 0.1) is 11.8 Å². The molecule has 0 aromatic heterocycles. The molecule has 0 saturated carbocycles. The zero-order chi connectivity index (χ0) is 18.3. The normalized spacial score (nSPS) is 30.6. The number of carbonyl (C=O) groups is 1. The molecule has 3 atom stereocenters. The number of fused-ring (bicyclic) bond motifs is 1. The number of benzene rings is 1. The Kier molecular flexibility index (Phi) is 4.93. The Bertz CT molecular complexity index is 639. The summed E-state index contributed by atoms with van der Waals surface area (Å²) < 4.78 is 5.32. The molecule has 0 unspecified atom stereocenters. The summed E-state index contributed by atoms with van der Waals surface area (Å²) in [5.74, 6) is 2.62. The number of carbonyl (C=O) groups excluding carboxylic acids is 1. The van der Waals surface area contributed by atoms with E-state index in [1.165, 1.54) is 25.2 Å². The van der Waals surface area contributed by atoms with E-state index in [1.54, 1.807) is 14.0 Å². The monoisotopic (exact) mass is 357 g/mol. The molecule has 0 spiro atoms. The molecule has 1 aromatic rings. The van der Waals surface area contributed by atoms with Crippen molar-refractivity contribution in [3.63, 3.8) is 0 Å². The molecule has 5 nitrogen and oxygen atoms in total. The summed E-state index contributed by atoms with van der Waals surface area (Å²) in [4.78, 5) is 18.8. The number of methoxy groups -OCH3 is 1. The number of nitrogens with zero attached hydrogens (tertiary/aromatic N) is 3. The highest BCUT2D eigenvalue weighted by Gasteiger charge is 2.47. The van der Waals surface area contributed by atoms with Crippen LogP contribution in [0.15, 0.2) is 24.3 Å². The molecule has 1 amide bonds. The number of amides is 1. The van der Waals surface area contributed by atoms with Gasteiger partial charge in [-0.05, 0) is 49.4 Å². The molecule has 3 fully saturated rings. The van der Waals surface area contributed by atoms with E-state index in [-0.39, 0.29) is 5.91 Å². The van der Waals surface area contributed by atoms with E-state index in [0.29, 0.717) is 18.0 Å². The third-order valence-corrected chi connectivity index (χ3v) is 6.81. The molecular formula is C21H31N3O2. The summed E-state index contributed by atoms with van der Waals surface area (Å²) >= 11 is 0. The zero-order valence-electron chi connectivity index (χ0n) is 16.2. The standard InChI is InChI=1S/C21H31N3O2/c1-15(25)23-10-8-18(9-11-23)24-13-17-12-22(2)21(20(17)14-24)16-4-6-19(26-3)7-5-16/h4-7,17-18,20-21H,8-14H2,1-3H3/t17-,20+,21-/m0/s1. The lowest BCUT2D eigenvalue weighted by atomic mass is 9.89. The highest BCUT2D eigenvalue weighted by molar-refractivity contribution is 5.73. The average Bonchev–Trinajstić information content (AvgIpc) is 3.18. The molecule has 5 heteroatoms. The van der Waals surface area contributed by atoms with Crippen molar-refractivity contribution in [3.8, 4) is 5.75 Å². The van der Waals surface area contributed by atoms with E-state index in [4.69, 9.17) is 4.74 Å². The Morgan fingerprint density at radius 1 is 1.08 bits per heavy atom. The molecule has 1 aromatic carbocycles. The van der Waals surface area contributed by atoms with Crippen LogP contribution in [-0.4, -0.2) is 73.5 Å². The lowest BCUT2D eigenvalue weighted by molar-refractivity contribution is -0.130. The minimum atomic E-state index is 0.225. The highest BCUT2D eigenvalue weighted by Crippen LogP contribution is 2.45. The second-order valence-electron chi connectivity index (χ2n) is 8.27. The van der Waals surface area contributed by atoms with Crippen LogP contribution in [0.25, 0.3) is 0 Å². The van der Waals surface area contributed by atoms with Crippen LogP contribution in [0.4, 0.5) is 0 Å². The third kappa shape index (κ3) is 3.23. The van der Waals surface area contributed by atoms with Gasteiger partial charge in [-0.3, -0.25) is 14.6 Å². The van der Waals surface area contributed by atoms with Gasteiger partial charge in [0.15, 0.2) is 0 Å². The summed E-state index contributed by atoms with van der Waals surface area (Å²) in [6.45, 7) is 7.13. The van der Waals surface area contributed by atoms with Gasteiger partial charge in [0.05, 0.1) is 7.11 Å². The van der Waals surface area contributed by atoms with Crippen LogP contribution in [0.5, 0.6) is 5.75 Å². The molecule has 0 bridgehead atoms. The topological polar surface area (TPSA) is 36.0 Å². The lowest BCUT2D eigenvalue weighted by Gasteiger charge is -2.37. The van der Waals surface area contributed by atoms with Crippen molar-refractivity contribution in [2.24, 2.45) is 11.8 Å². The second-order valence-corrected chi connectivity index (χ2v) is 8.27. The number of hydrogen-bond acceptors (Lipinski definition) is 4. The van der Waals surface area contributed by atoms with Crippen LogP contribution < -0.4 is 4.74 Å². The highest BCUT2D eigenvalue weighted by atomic mass is 16.5. The van der Waals surface area contributed by atoms with Gasteiger partial charge in [-0.1, -0.05) is 12.1 Å². The Morgan fingerprint density at radius 2 is 1.77 bits per heavy atom. The molecule has 0 N–H and O–H groups in total. The zero-order valence-corrected chi connectivity index (χ0v) is 16.2. The number of rotatable bonds is 3. The Hall–Kier alpha value is -1.59. The number of likely N-dealkylation sites (tertiary alicyclic amines) is 3. The van der Waals surface area contributed by atoms with Crippen LogP contribution >= 0.6 is 0 Å². The van der Waals surface area contributed by atoms with Crippen molar-refractivity contribution in [2.45, 2.75) is 31.8 Å². The molecule has 3 saturated heterocycles. The summed E-state index contributed by atoms with van der Waals surface area (Å²) in [6.07, 6.45) is 2.25. The predicted octanol–water partition coefficient (Wildman–Crippen LogP) is 2.24. The average molecular weight is 357 g/mol. The van der Waals surface area contributed by atoms with E-state index < -0.39 is 0 Å². The first-order chi connectivity index (χ1) is 12.6. The second kappa shape index (κ2) is 7.20. The van der Waals surface area contributed by atoms with Gasteiger partial charge < -0.3 is 9.64 Å². The molecule has 4 rings (SSSR count). The molecule has 26 heavy (non-hydrogen) atoms. The predicted molar refractivity (Wildman–Crippen MR) is 102 cm³/mol. The van der Waals surface area contributed by atoms with E-state index in [9.17, 15) is 4.79 Å². The van der Waals surface area contributed by atoms with Gasteiger partial charge >= 0.3 is 0 Å². The fourth-order valence-corrected chi connectivity index (χ4v) is 5.44. The molecule has 0 aliphatic carbocycles. The maximum absolute atomic E-state index is 11.6. The first kappa shape index (κ1) is 17.8. The van der Waals surface area contributed by atoms with E-state index in [0.717, 1.165) is 37.6 Å². The molecule has 0 radical (unpaired) electrons. The van der Waals surface area contributed by atoms with Gasteiger partial charge in [0, 0.05) is 51.7 Å². The molecular weight excluding hydrogens is 326 g/mol. The van der Waals surface area contributed by atoms with Crippen molar-refractivity contribution >= 4 is 5.91 Å². The van der Waals surface area contributed by atoms with Crippen molar-refractivity contribution in [1.82, 2.24) is 14.7 Å². The van der Waals surface area contributed by atoms with Crippen LogP contribution in [0.2, 0.25) is 0 Å². The van der Waals surface area contributed by atoms with Crippen molar-refractivity contribution < 1.29 is 9.53 Å². The first-order valence-electron chi connectivity index (χ1n) is 9.90. The van der Waals surface area contributed by atoms with Gasteiger partial charge in [-0.2, -0.15) is 0 Å². The summed E-state index contributed by atoms with van der Waals surface area (Å²) in [6, 6.07) is 9.79. The third-order valence-electron chi connectivity index (χ3n) is 6.81. The summed E-state index contributed by atoms with van der Waals surface area (Å²) in [5, 5.41) is 0. The van der Waals surface area contributed by atoms with Crippen LogP contribution in [-0.2, 0) is 4.79 Å². The van der Waals surface area contributed by atoms with Crippen molar-refractivity contribution in [2.75, 3.05) is 46.9 Å². The quantitative estimate of drug-likeness (QED) is 0.831. The number of piperidine rings is 1. The molecule has 3 heterocycles. The van der Waals surface area contributed by atoms with E-state index >= 15 is 0 Å². The van der Waals surface area contributed by atoms with Gasteiger partial charge in [0.25, 0.3) is 0 Å².